The van der Waals surface area contributed by atoms with Crippen LogP contribution < -0.4 is 10.9 Å². The summed E-state index contributed by atoms with van der Waals surface area (Å²) in [5.41, 5.74) is 1.11. The van der Waals surface area contributed by atoms with Gasteiger partial charge in [-0.3, -0.25) is 14.2 Å². The van der Waals surface area contributed by atoms with Gasteiger partial charge in [0.25, 0.3) is 5.56 Å². The molecule has 0 saturated heterocycles. The lowest BCUT2D eigenvalue weighted by atomic mass is 10.0. The fourth-order valence-corrected chi connectivity index (χ4v) is 2.84. The standard InChI is InChI=1S/C22H20F3N3O2/c1-14(2)15-5-9-18(10-6-15)27-20(29)12-28-13-26-19(11-21(28)30)16-3-7-17(8-4-16)22(23,24)25/h3-11,13-14H,12H2,1-2H3,(H,27,29). The number of carbonyl (C=O) groups is 1. The van der Waals surface area contributed by atoms with Gasteiger partial charge in [-0.2, -0.15) is 13.2 Å². The summed E-state index contributed by atoms with van der Waals surface area (Å²) in [5, 5.41) is 2.72. The van der Waals surface area contributed by atoms with E-state index in [2.05, 4.69) is 24.1 Å². The topological polar surface area (TPSA) is 64.0 Å². The van der Waals surface area contributed by atoms with Gasteiger partial charge in [0.2, 0.25) is 5.91 Å². The van der Waals surface area contributed by atoms with Crippen molar-refractivity contribution in [3.05, 3.63) is 82.4 Å². The van der Waals surface area contributed by atoms with Crippen LogP contribution in [0, 0.1) is 0 Å². The highest BCUT2D eigenvalue weighted by atomic mass is 19.4. The van der Waals surface area contributed by atoms with Gasteiger partial charge in [-0.1, -0.05) is 38.1 Å². The largest absolute Gasteiger partial charge is 0.416 e. The Kier molecular flexibility index (Phi) is 6.05. The van der Waals surface area contributed by atoms with E-state index in [9.17, 15) is 22.8 Å². The quantitative estimate of drug-likeness (QED) is 0.658. The van der Waals surface area contributed by atoms with Crippen LogP contribution in [-0.2, 0) is 17.5 Å². The average molecular weight is 415 g/mol. The second kappa shape index (κ2) is 8.52. The maximum Gasteiger partial charge on any atom is 0.416 e. The van der Waals surface area contributed by atoms with E-state index >= 15 is 0 Å². The summed E-state index contributed by atoms with van der Waals surface area (Å²) in [6.07, 6.45) is -3.23. The Morgan fingerprint density at radius 2 is 1.70 bits per heavy atom. The molecular formula is C22H20F3N3O2. The zero-order valence-corrected chi connectivity index (χ0v) is 16.4. The van der Waals surface area contributed by atoms with E-state index in [1.165, 1.54) is 24.5 Å². The minimum atomic E-state index is -4.43. The number of nitrogens with one attached hydrogen (secondary N) is 1. The van der Waals surface area contributed by atoms with Crippen molar-refractivity contribution in [3.8, 4) is 11.3 Å². The average Bonchev–Trinajstić information content (AvgIpc) is 2.69. The van der Waals surface area contributed by atoms with Gasteiger partial charge >= 0.3 is 6.18 Å². The lowest BCUT2D eigenvalue weighted by Gasteiger charge is -2.10. The number of halogens is 3. The molecule has 0 bridgehead atoms. The SMILES string of the molecule is CC(C)c1ccc(NC(=O)Cn2cnc(-c3ccc(C(F)(F)F)cc3)cc2=O)cc1. The molecule has 0 fully saturated rings. The molecule has 1 aromatic heterocycles. The molecular weight excluding hydrogens is 395 g/mol. The Bertz CT molecular complexity index is 1090. The highest BCUT2D eigenvalue weighted by molar-refractivity contribution is 5.90. The molecule has 2 aromatic carbocycles. The van der Waals surface area contributed by atoms with Crippen LogP contribution in [0.5, 0.6) is 0 Å². The second-order valence-electron chi connectivity index (χ2n) is 7.14. The van der Waals surface area contributed by atoms with Crippen molar-refractivity contribution < 1.29 is 18.0 Å². The number of carbonyl (C=O) groups excluding carboxylic acids is 1. The first kappa shape index (κ1) is 21.3. The van der Waals surface area contributed by atoms with Crippen molar-refractivity contribution in [2.75, 3.05) is 5.32 Å². The number of benzene rings is 2. The van der Waals surface area contributed by atoms with Gasteiger partial charge in [0.05, 0.1) is 17.6 Å². The molecule has 0 spiro atoms. The van der Waals surface area contributed by atoms with Gasteiger partial charge in [-0.25, -0.2) is 4.98 Å². The summed E-state index contributed by atoms with van der Waals surface area (Å²) in [7, 11) is 0. The van der Waals surface area contributed by atoms with E-state index in [-0.39, 0.29) is 12.2 Å². The van der Waals surface area contributed by atoms with Crippen molar-refractivity contribution in [2.24, 2.45) is 0 Å². The third kappa shape index (κ3) is 5.14. The summed E-state index contributed by atoms with van der Waals surface area (Å²) in [4.78, 5) is 28.6. The monoisotopic (exact) mass is 415 g/mol. The number of alkyl halides is 3. The molecule has 30 heavy (non-hydrogen) atoms. The molecule has 0 aliphatic heterocycles. The maximum absolute atomic E-state index is 12.7. The van der Waals surface area contributed by atoms with Crippen molar-refractivity contribution >= 4 is 11.6 Å². The van der Waals surface area contributed by atoms with Crippen LogP contribution in [0.2, 0.25) is 0 Å². The maximum atomic E-state index is 12.7. The Morgan fingerprint density at radius 3 is 2.23 bits per heavy atom. The molecule has 1 heterocycles. The molecule has 156 valence electrons. The number of anilines is 1. The number of hydrogen-bond donors (Lipinski definition) is 1. The lowest BCUT2D eigenvalue weighted by Crippen LogP contribution is -2.27. The molecule has 1 amide bonds. The molecule has 5 nitrogen and oxygen atoms in total. The van der Waals surface area contributed by atoms with E-state index < -0.39 is 23.2 Å². The minimum Gasteiger partial charge on any atom is -0.325 e. The van der Waals surface area contributed by atoms with E-state index in [4.69, 9.17) is 0 Å². The summed E-state index contributed by atoms with van der Waals surface area (Å²) in [6, 6.07) is 13.0. The van der Waals surface area contributed by atoms with Crippen LogP contribution in [0.15, 0.2) is 65.7 Å². The minimum absolute atomic E-state index is 0.231. The first-order valence-electron chi connectivity index (χ1n) is 9.27. The first-order valence-corrected chi connectivity index (χ1v) is 9.27. The zero-order valence-electron chi connectivity index (χ0n) is 16.4. The molecule has 3 rings (SSSR count). The number of amides is 1. The fourth-order valence-electron chi connectivity index (χ4n) is 2.84. The Hall–Kier alpha value is -3.42. The van der Waals surface area contributed by atoms with Crippen LogP contribution >= 0.6 is 0 Å². The van der Waals surface area contributed by atoms with Crippen molar-refractivity contribution in [1.82, 2.24) is 9.55 Å². The van der Waals surface area contributed by atoms with Crippen LogP contribution in [0.1, 0.15) is 30.9 Å². The molecule has 8 heteroatoms. The van der Waals surface area contributed by atoms with Crippen molar-refractivity contribution in [1.29, 1.82) is 0 Å². The number of aromatic nitrogens is 2. The molecule has 0 radical (unpaired) electrons. The second-order valence-corrected chi connectivity index (χ2v) is 7.14. The summed E-state index contributed by atoms with van der Waals surface area (Å²) < 4.78 is 39.1. The third-order valence-corrected chi connectivity index (χ3v) is 4.56. The van der Waals surface area contributed by atoms with Gasteiger partial charge in [-0.05, 0) is 35.7 Å². The smallest absolute Gasteiger partial charge is 0.325 e. The van der Waals surface area contributed by atoms with Crippen molar-refractivity contribution in [3.63, 3.8) is 0 Å². The number of rotatable bonds is 5. The van der Waals surface area contributed by atoms with E-state index in [0.29, 0.717) is 17.2 Å². The summed E-state index contributed by atoms with van der Waals surface area (Å²) in [6.45, 7) is 3.91. The van der Waals surface area contributed by atoms with Crippen LogP contribution in [0.3, 0.4) is 0 Å². The highest BCUT2D eigenvalue weighted by Crippen LogP contribution is 2.30. The number of nitrogens with zero attached hydrogens (tertiary/aromatic N) is 2. The molecule has 0 aliphatic carbocycles. The van der Waals surface area contributed by atoms with Gasteiger partial charge in [0.15, 0.2) is 0 Å². The third-order valence-electron chi connectivity index (χ3n) is 4.56. The van der Waals surface area contributed by atoms with Gasteiger partial charge in [0, 0.05) is 17.3 Å². The van der Waals surface area contributed by atoms with Crippen molar-refractivity contribution in [2.45, 2.75) is 32.5 Å². The molecule has 0 saturated carbocycles. The van der Waals surface area contributed by atoms with Gasteiger partial charge in [0.1, 0.15) is 6.54 Å². The predicted octanol–water partition coefficient (Wildman–Crippen LogP) is 4.69. The fraction of sp³-hybridized carbons (Fsp3) is 0.227. The first-order chi connectivity index (χ1) is 14.1. The predicted molar refractivity (Wildman–Crippen MR) is 108 cm³/mol. The van der Waals surface area contributed by atoms with Gasteiger partial charge < -0.3 is 5.32 Å². The van der Waals surface area contributed by atoms with Crippen LogP contribution in [-0.4, -0.2) is 15.5 Å². The van der Waals surface area contributed by atoms with E-state index in [0.717, 1.165) is 22.3 Å². The normalized spacial score (nSPS) is 11.5. The number of hydrogen-bond acceptors (Lipinski definition) is 3. The molecule has 3 aromatic rings. The molecule has 1 N–H and O–H groups in total. The molecule has 0 aliphatic rings. The Labute approximate surface area is 171 Å². The lowest BCUT2D eigenvalue weighted by molar-refractivity contribution is -0.137. The Balaban J connectivity index is 1.69. The van der Waals surface area contributed by atoms with E-state index in [1.54, 1.807) is 12.1 Å². The Morgan fingerprint density at radius 1 is 1.07 bits per heavy atom. The zero-order chi connectivity index (χ0) is 21.9. The highest BCUT2D eigenvalue weighted by Gasteiger charge is 2.30. The van der Waals surface area contributed by atoms with E-state index in [1.807, 2.05) is 12.1 Å². The van der Waals surface area contributed by atoms with Gasteiger partial charge in [-0.15, -0.1) is 0 Å². The van der Waals surface area contributed by atoms with Crippen LogP contribution in [0.25, 0.3) is 11.3 Å². The molecule has 0 atom stereocenters. The molecule has 0 unspecified atom stereocenters. The summed E-state index contributed by atoms with van der Waals surface area (Å²) in [5.74, 6) is -0.0129. The summed E-state index contributed by atoms with van der Waals surface area (Å²) >= 11 is 0. The van der Waals surface area contributed by atoms with Crippen LogP contribution in [0.4, 0.5) is 18.9 Å².